The minimum absolute atomic E-state index is 0.00521. The van der Waals surface area contributed by atoms with E-state index in [-0.39, 0.29) is 5.56 Å². The highest BCUT2D eigenvalue weighted by Gasteiger charge is 2.45. The van der Waals surface area contributed by atoms with Crippen LogP contribution in [0.4, 0.5) is 0 Å². The van der Waals surface area contributed by atoms with Gasteiger partial charge in [-0.15, -0.1) is 0 Å². The molecule has 0 radical (unpaired) electrons. The van der Waals surface area contributed by atoms with E-state index < -0.39 is 50.2 Å². The SMILES string of the molecule is CCCCCCCCCCC#Cc1cn([C@@H]2O[C@H](COP(=O)(O)O)C(O)C2O)c(=O)[nH]c1=O. The lowest BCUT2D eigenvalue weighted by Crippen LogP contribution is -2.38. The van der Waals surface area contributed by atoms with Gasteiger partial charge in [-0.25, -0.2) is 9.36 Å². The highest BCUT2D eigenvalue weighted by molar-refractivity contribution is 7.46. The van der Waals surface area contributed by atoms with Gasteiger partial charge in [0.2, 0.25) is 0 Å². The predicted molar refractivity (Wildman–Crippen MR) is 119 cm³/mol. The molecular formula is C21H33N2O9P. The van der Waals surface area contributed by atoms with Crippen LogP contribution in [0.3, 0.4) is 0 Å². The minimum atomic E-state index is -4.82. The van der Waals surface area contributed by atoms with Gasteiger partial charge in [-0.2, -0.15) is 0 Å². The maximum absolute atomic E-state index is 12.2. The lowest BCUT2D eigenvalue weighted by atomic mass is 10.1. The molecule has 0 bridgehead atoms. The van der Waals surface area contributed by atoms with Crippen molar-refractivity contribution in [1.29, 1.82) is 0 Å². The van der Waals surface area contributed by atoms with Gasteiger partial charge < -0.3 is 24.7 Å². The van der Waals surface area contributed by atoms with Gasteiger partial charge in [0, 0.05) is 12.6 Å². The molecule has 2 unspecified atom stereocenters. The first-order chi connectivity index (χ1) is 15.6. The maximum atomic E-state index is 12.2. The smallest absolute Gasteiger partial charge is 0.387 e. The molecule has 0 aromatic carbocycles. The molecule has 5 N–H and O–H groups in total. The number of aliphatic hydroxyl groups excluding tert-OH is 2. The number of phosphoric acid groups is 1. The molecule has 33 heavy (non-hydrogen) atoms. The molecule has 0 spiro atoms. The Hall–Kier alpha value is -1.77. The second-order valence-electron chi connectivity index (χ2n) is 8.07. The molecule has 1 saturated heterocycles. The summed E-state index contributed by atoms with van der Waals surface area (Å²) in [7, 11) is -4.82. The summed E-state index contributed by atoms with van der Waals surface area (Å²) in [5.74, 6) is 5.64. The molecule has 1 aromatic rings. The summed E-state index contributed by atoms with van der Waals surface area (Å²) in [6.45, 7) is 1.48. The number of nitrogens with one attached hydrogen (secondary N) is 1. The van der Waals surface area contributed by atoms with E-state index in [1.165, 1.54) is 32.1 Å². The molecule has 0 amide bonds. The molecule has 1 aliphatic heterocycles. The molecule has 1 aliphatic rings. The Morgan fingerprint density at radius 1 is 1.09 bits per heavy atom. The predicted octanol–water partition coefficient (Wildman–Crippen LogP) is 1.15. The summed E-state index contributed by atoms with van der Waals surface area (Å²) in [4.78, 5) is 44.0. The third-order valence-corrected chi connectivity index (χ3v) is 5.85. The minimum Gasteiger partial charge on any atom is -0.387 e. The second kappa shape index (κ2) is 13.2. The topological polar surface area (TPSA) is 171 Å². The number of aromatic amines is 1. The molecule has 12 heteroatoms. The molecule has 11 nitrogen and oxygen atoms in total. The third kappa shape index (κ3) is 8.83. The number of unbranched alkanes of at least 4 members (excludes halogenated alkanes) is 8. The maximum Gasteiger partial charge on any atom is 0.469 e. The van der Waals surface area contributed by atoms with Gasteiger partial charge in [0.1, 0.15) is 23.9 Å². The van der Waals surface area contributed by atoms with Crippen LogP contribution < -0.4 is 11.2 Å². The fourth-order valence-corrected chi connectivity index (χ4v) is 3.88. The molecule has 0 saturated carbocycles. The largest absolute Gasteiger partial charge is 0.469 e. The molecule has 4 atom stereocenters. The van der Waals surface area contributed by atoms with Crippen LogP contribution in [-0.4, -0.2) is 54.5 Å². The summed E-state index contributed by atoms with van der Waals surface area (Å²) in [6, 6.07) is 0. The van der Waals surface area contributed by atoms with Crippen molar-refractivity contribution in [2.24, 2.45) is 0 Å². The van der Waals surface area contributed by atoms with Crippen molar-refractivity contribution in [2.45, 2.75) is 89.3 Å². The zero-order valence-electron chi connectivity index (χ0n) is 18.7. The lowest BCUT2D eigenvalue weighted by molar-refractivity contribution is -0.0543. The Bertz CT molecular complexity index is 974. The van der Waals surface area contributed by atoms with Crippen molar-refractivity contribution in [3.05, 3.63) is 32.6 Å². The highest BCUT2D eigenvalue weighted by Crippen LogP contribution is 2.38. The molecule has 186 valence electrons. The van der Waals surface area contributed by atoms with Crippen LogP contribution in [0.2, 0.25) is 0 Å². The number of hydrogen-bond acceptors (Lipinski definition) is 7. The van der Waals surface area contributed by atoms with Crippen LogP contribution in [0.15, 0.2) is 15.8 Å². The summed E-state index contributed by atoms with van der Waals surface area (Å²) in [5.41, 5.74) is -1.58. The number of H-pyrrole nitrogens is 1. The number of rotatable bonds is 12. The molecular weight excluding hydrogens is 455 g/mol. The van der Waals surface area contributed by atoms with E-state index in [4.69, 9.17) is 14.5 Å². The van der Waals surface area contributed by atoms with E-state index in [2.05, 4.69) is 28.3 Å². The standard InChI is InChI=1S/C21H33N2O9P/c1-2-3-4-5-6-7-8-9-10-11-12-15-13-23(21(27)22-19(15)26)20-18(25)17(24)16(32-20)14-31-33(28,29)30/h13,16-18,20,24-25H,2-10,14H2,1H3,(H,22,26,27)(H2,28,29,30)/t16-,17?,18?,20-/m1/s1. The van der Waals surface area contributed by atoms with E-state index >= 15 is 0 Å². The van der Waals surface area contributed by atoms with Crippen LogP contribution >= 0.6 is 7.82 Å². The molecule has 2 rings (SSSR count). The van der Waals surface area contributed by atoms with Crippen molar-refractivity contribution < 1.29 is 33.8 Å². The van der Waals surface area contributed by atoms with Crippen LogP contribution in [0, 0.1) is 11.8 Å². The van der Waals surface area contributed by atoms with E-state index in [9.17, 15) is 24.4 Å². The fourth-order valence-electron chi connectivity index (χ4n) is 3.54. The first kappa shape index (κ1) is 27.5. The van der Waals surface area contributed by atoms with Crippen molar-refractivity contribution >= 4 is 7.82 Å². The van der Waals surface area contributed by atoms with Crippen molar-refractivity contribution in [3.8, 4) is 11.8 Å². The summed E-state index contributed by atoms with van der Waals surface area (Å²) in [6.07, 6.45) is 5.15. The quantitative estimate of drug-likeness (QED) is 0.164. The first-order valence-corrected chi connectivity index (χ1v) is 12.7. The van der Waals surface area contributed by atoms with Crippen LogP contribution in [0.5, 0.6) is 0 Å². The Morgan fingerprint density at radius 3 is 2.36 bits per heavy atom. The van der Waals surface area contributed by atoms with Crippen molar-refractivity contribution in [1.82, 2.24) is 9.55 Å². The second-order valence-corrected chi connectivity index (χ2v) is 9.31. The lowest BCUT2D eigenvalue weighted by Gasteiger charge is -2.17. The van der Waals surface area contributed by atoms with Gasteiger partial charge in [-0.05, 0) is 6.42 Å². The number of hydrogen-bond donors (Lipinski definition) is 5. The van der Waals surface area contributed by atoms with Crippen molar-refractivity contribution in [3.63, 3.8) is 0 Å². The highest BCUT2D eigenvalue weighted by atomic mass is 31.2. The molecule has 0 aliphatic carbocycles. The summed E-state index contributed by atoms with van der Waals surface area (Å²) >= 11 is 0. The zero-order valence-corrected chi connectivity index (χ0v) is 19.6. The van der Waals surface area contributed by atoms with E-state index in [0.717, 1.165) is 30.0 Å². The number of ether oxygens (including phenoxy) is 1. The molecule has 2 heterocycles. The average Bonchev–Trinajstić information content (AvgIpc) is 3.03. The molecule has 1 aromatic heterocycles. The number of aromatic nitrogens is 2. The van der Waals surface area contributed by atoms with Crippen LogP contribution in [0.25, 0.3) is 0 Å². The normalized spacial score (nSPS) is 22.8. The van der Waals surface area contributed by atoms with E-state index in [1.54, 1.807) is 0 Å². The Kier molecular flexibility index (Phi) is 11.0. The molecule has 1 fully saturated rings. The van der Waals surface area contributed by atoms with Gasteiger partial charge in [-0.1, -0.05) is 63.7 Å². The third-order valence-electron chi connectivity index (χ3n) is 5.36. The first-order valence-electron chi connectivity index (χ1n) is 11.2. The van der Waals surface area contributed by atoms with Gasteiger partial charge in [0.15, 0.2) is 6.23 Å². The summed E-state index contributed by atoms with van der Waals surface area (Å²) < 4.78 is 21.4. The average molecular weight is 488 g/mol. The van der Waals surface area contributed by atoms with E-state index in [1.807, 2.05) is 0 Å². The Balaban J connectivity index is 1.97. The van der Waals surface area contributed by atoms with Gasteiger partial charge in [-0.3, -0.25) is 18.9 Å². The fraction of sp³-hybridized carbons (Fsp3) is 0.714. The van der Waals surface area contributed by atoms with Gasteiger partial charge in [0.25, 0.3) is 5.56 Å². The van der Waals surface area contributed by atoms with Gasteiger partial charge >= 0.3 is 13.5 Å². The number of phosphoric ester groups is 1. The number of aliphatic hydroxyl groups is 2. The van der Waals surface area contributed by atoms with Crippen molar-refractivity contribution in [2.75, 3.05) is 6.61 Å². The van der Waals surface area contributed by atoms with E-state index in [0.29, 0.717) is 6.42 Å². The van der Waals surface area contributed by atoms with Crippen LogP contribution in [0.1, 0.15) is 76.5 Å². The number of nitrogens with zero attached hydrogens (tertiary/aromatic N) is 1. The Labute approximate surface area is 192 Å². The van der Waals surface area contributed by atoms with Crippen LogP contribution in [-0.2, 0) is 13.8 Å². The monoisotopic (exact) mass is 488 g/mol. The Morgan fingerprint density at radius 2 is 1.73 bits per heavy atom. The van der Waals surface area contributed by atoms with Gasteiger partial charge in [0.05, 0.1) is 6.61 Å². The zero-order chi connectivity index (χ0) is 24.4. The summed E-state index contributed by atoms with van der Waals surface area (Å²) in [5, 5.41) is 20.3.